The number of carbonyl (C=O) groups excluding carboxylic acids is 1. The summed E-state index contributed by atoms with van der Waals surface area (Å²) < 4.78 is 5.65. The van der Waals surface area contributed by atoms with Gasteiger partial charge >= 0.3 is 0 Å². The van der Waals surface area contributed by atoms with Crippen LogP contribution in [0.25, 0.3) is 0 Å². The lowest BCUT2D eigenvalue weighted by molar-refractivity contribution is -0.122. The van der Waals surface area contributed by atoms with Crippen LogP contribution in [-0.4, -0.2) is 17.0 Å². The van der Waals surface area contributed by atoms with Crippen LogP contribution in [0.3, 0.4) is 0 Å². The maximum Gasteiger partial charge on any atom is 0.266 e. The van der Waals surface area contributed by atoms with Crippen molar-refractivity contribution < 1.29 is 9.53 Å². The third kappa shape index (κ3) is 4.29. The van der Waals surface area contributed by atoms with Crippen molar-refractivity contribution in [2.45, 2.75) is 39.7 Å². The molecule has 0 spiro atoms. The first-order valence-electron chi connectivity index (χ1n) is 6.95. The van der Waals surface area contributed by atoms with E-state index in [-0.39, 0.29) is 5.91 Å². The van der Waals surface area contributed by atoms with E-state index in [1.165, 1.54) is 16.9 Å². The van der Waals surface area contributed by atoms with E-state index in [4.69, 9.17) is 4.74 Å². The lowest BCUT2D eigenvalue weighted by atomic mass is 10.0. The van der Waals surface area contributed by atoms with Crippen molar-refractivity contribution in [2.24, 2.45) is 0 Å². The van der Waals surface area contributed by atoms with Gasteiger partial charge in [0.05, 0.1) is 0 Å². The highest BCUT2D eigenvalue weighted by Crippen LogP contribution is 2.20. The van der Waals surface area contributed by atoms with E-state index in [0.717, 1.165) is 4.88 Å². The van der Waals surface area contributed by atoms with E-state index in [0.29, 0.717) is 16.8 Å². The molecule has 5 heteroatoms. The molecule has 0 aliphatic carbocycles. The Morgan fingerprint density at radius 3 is 2.43 bits per heavy atom. The number of nitrogens with one attached hydrogen (secondary N) is 1. The number of carbonyl (C=O) groups is 1. The molecule has 1 atom stereocenters. The third-order valence-electron chi connectivity index (χ3n) is 3.08. The highest BCUT2D eigenvalue weighted by Gasteiger charge is 2.16. The second kappa shape index (κ2) is 6.72. The van der Waals surface area contributed by atoms with E-state index >= 15 is 0 Å². The van der Waals surface area contributed by atoms with Crippen LogP contribution in [0.1, 0.15) is 37.1 Å². The summed E-state index contributed by atoms with van der Waals surface area (Å²) in [4.78, 5) is 17.2. The Morgan fingerprint density at radius 1 is 1.24 bits per heavy atom. The van der Waals surface area contributed by atoms with E-state index in [9.17, 15) is 4.79 Å². The fraction of sp³-hybridized carbons (Fsp3) is 0.375. The first-order chi connectivity index (χ1) is 9.95. The smallest absolute Gasteiger partial charge is 0.266 e. The molecule has 1 aromatic carbocycles. The van der Waals surface area contributed by atoms with Gasteiger partial charge in [-0.15, -0.1) is 11.3 Å². The lowest BCUT2D eigenvalue weighted by Gasteiger charge is -2.14. The van der Waals surface area contributed by atoms with Gasteiger partial charge in [-0.1, -0.05) is 26.0 Å². The summed E-state index contributed by atoms with van der Waals surface area (Å²) in [7, 11) is 0. The molecule has 112 valence electrons. The molecule has 1 amide bonds. The molecule has 0 bridgehead atoms. The second-order valence-corrected chi connectivity index (χ2v) is 6.48. The number of benzene rings is 1. The van der Waals surface area contributed by atoms with Crippen molar-refractivity contribution in [2.75, 3.05) is 5.32 Å². The molecule has 1 aromatic heterocycles. The predicted molar refractivity (Wildman–Crippen MR) is 86.1 cm³/mol. The molecule has 21 heavy (non-hydrogen) atoms. The standard InChI is InChI=1S/C16H20N2O2S/c1-10(2)13-5-7-14(8-6-13)20-12(4)15(19)18-16-17-9-11(3)21-16/h5-10,12H,1-4H3,(H,17,18,19). The quantitative estimate of drug-likeness (QED) is 0.909. The van der Waals surface area contributed by atoms with Crippen molar-refractivity contribution in [1.29, 1.82) is 0 Å². The highest BCUT2D eigenvalue weighted by molar-refractivity contribution is 7.15. The molecule has 0 fully saturated rings. The van der Waals surface area contributed by atoms with Gasteiger partial charge in [0.2, 0.25) is 0 Å². The molecule has 1 heterocycles. The molecule has 2 aromatic rings. The normalized spacial score (nSPS) is 12.2. The lowest BCUT2D eigenvalue weighted by Crippen LogP contribution is -2.30. The van der Waals surface area contributed by atoms with Gasteiger partial charge in [-0.2, -0.15) is 0 Å². The Bertz CT molecular complexity index is 605. The SMILES string of the molecule is Cc1cnc(NC(=O)C(C)Oc2ccc(C(C)C)cc2)s1. The number of aromatic nitrogens is 1. The second-order valence-electron chi connectivity index (χ2n) is 5.25. The molecule has 2 rings (SSSR count). The zero-order valence-corrected chi connectivity index (χ0v) is 13.5. The molecule has 1 unspecified atom stereocenters. The van der Waals surface area contributed by atoms with Crippen LogP contribution in [0.5, 0.6) is 5.75 Å². The van der Waals surface area contributed by atoms with Crippen molar-refractivity contribution in [3.05, 3.63) is 40.9 Å². The van der Waals surface area contributed by atoms with Gasteiger partial charge < -0.3 is 4.74 Å². The first kappa shape index (κ1) is 15.5. The molecular weight excluding hydrogens is 284 g/mol. The molecule has 0 aliphatic heterocycles. The van der Waals surface area contributed by atoms with Crippen molar-refractivity contribution in [3.8, 4) is 5.75 Å². The number of ether oxygens (including phenoxy) is 1. The number of nitrogens with zero attached hydrogens (tertiary/aromatic N) is 1. The van der Waals surface area contributed by atoms with E-state index in [1.54, 1.807) is 13.1 Å². The molecule has 0 aliphatic rings. The molecule has 0 saturated heterocycles. The number of thiazole rings is 1. The summed E-state index contributed by atoms with van der Waals surface area (Å²) in [5, 5.41) is 3.36. The van der Waals surface area contributed by atoms with Crippen LogP contribution < -0.4 is 10.1 Å². The Balaban J connectivity index is 1.93. The summed E-state index contributed by atoms with van der Waals surface area (Å²) in [6, 6.07) is 7.84. The van der Waals surface area contributed by atoms with Gasteiger partial charge in [0.25, 0.3) is 5.91 Å². The van der Waals surface area contributed by atoms with Crippen LogP contribution >= 0.6 is 11.3 Å². The maximum absolute atomic E-state index is 12.0. The van der Waals surface area contributed by atoms with Crippen molar-refractivity contribution in [1.82, 2.24) is 4.98 Å². The fourth-order valence-electron chi connectivity index (χ4n) is 1.81. The molecule has 0 saturated carbocycles. The zero-order chi connectivity index (χ0) is 15.4. The Labute approximate surface area is 129 Å². The minimum Gasteiger partial charge on any atom is -0.481 e. The molecule has 1 N–H and O–H groups in total. The number of aryl methyl sites for hydroxylation is 1. The Morgan fingerprint density at radius 2 is 1.90 bits per heavy atom. The number of hydrogen-bond donors (Lipinski definition) is 1. The van der Waals surface area contributed by atoms with Crippen LogP contribution in [0.2, 0.25) is 0 Å². The number of amides is 1. The average Bonchev–Trinajstić information content (AvgIpc) is 2.84. The van der Waals surface area contributed by atoms with Gasteiger partial charge in [0, 0.05) is 11.1 Å². The average molecular weight is 304 g/mol. The zero-order valence-electron chi connectivity index (χ0n) is 12.7. The summed E-state index contributed by atoms with van der Waals surface area (Å²) in [5.74, 6) is 0.975. The van der Waals surface area contributed by atoms with Crippen LogP contribution in [0, 0.1) is 6.92 Å². The van der Waals surface area contributed by atoms with Gasteiger partial charge in [-0.25, -0.2) is 4.98 Å². The fourth-order valence-corrected chi connectivity index (χ4v) is 2.48. The molecule has 4 nitrogen and oxygen atoms in total. The minimum absolute atomic E-state index is 0.197. The minimum atomic E-state index is -0.570. The van der Waals surface area contributed by atoms with Crippen molar-refractivity contribution >= 4 is 22.4 Å². The number of anilines is 1. The Hall–Kier alpha value is -1.88. The van der Waals surface area contributed by atoms with Crippen LogP contribution in [0.4, 0.5) is 5.13 Å². The summed E-state index contributed by atoms with van der Waals surface area (Å²) in [6.07, 6.45) is 1.16. The number of rotatable bonds is 5. The van der Waals surface area contributed by atoms with E-state index in [2.05, 4.69) is 24.1 Å². The van der Waals surface area contributed by atoms with Crippen molar-refractivity contribution in [3.63, 3.8) is 0 Å². The van der Waals surface area contributed by atoms with E-state index < -0.39 is 6.10 Å². The van der Waals surface area contributed by atoms with E-state index in [1.807, 2.05) is 31.2 Å². The van der Waals surface area contributed by atoms with Gasteiger partial charge in [-0.05, 0) is 37.5 Å². The highest BCUT2D eigenvalue weighted by atomic mass is 32.1. The molecular formula is C16H20N2O2S. The summed E-state index contributed by atoms with van der Waals surface area (Å²) >= 11 is 1.45. The topological polar surface area (TPSA) is 51.2 Å². The summed E-state index contributed by atoms with van der Waals surface area (Å²) in [6.45, 7) is 7.96. The third-order valence-corrected chi connectivity index (χ3v) is 3.91. The van der Waals surface area contributed by atoms with Crippen LogP contribution in [0.15, 0.2) is 30.5 Å². The number of hydrogen-bond acceptors (Lipinski definition) is 4. The Kier molecular flexibility index (Phi) is 4.96. The van der Waals surface area contributed by atoms with Gasteiger partial charge in [0.1, 0.15) is 5.75 Å². The van der Waals surface area contributed by atoms with Gasteiger partial charge in [0.15, 0.2) is 11.2 Å². The maximum atomic E-state index is 12.0. The van der Waals surface area contributed by atoms with Gasteiger partial charge in [-0.3, -0.25) is 10.1 Å². The first-order valence-corrected chi connectivity index (χ1v) is 7.77. The summed E-state index contributed by atoms with van der Waals surface area (Å²) in [5.41, 5.74) is 1.25. The monoisotopic (exact) mass is 304 g/mol. The van der Waals surface area contributed by atoms with Crippen LogP contribution in [-0.2, 0) is 4.79 Å². The predicted octanol–water partition coefficient (Wildman–Crippen LogP) is 3.98. The molecule has 0 radical (unpaired) electrons. The largest absolute Gasteiger partial charge is 0.481 e.